The Morgan fingerprint density at radius 3 is 2.56 bits per heavy atom. The number of rotatable bonds is 6. The third-order valence-electron chi connectivity index (χ3n) is 3.47. The molecule has 1 aromatic heterocycles. The van der Waals surface area contributed by atoms with E-state index in [9.17, 15) is 4.79 Å². The number of thiazole rings is 1. The van der Waals surface area contributed by atoms with Crippen molar-refractivity contribution in [3.63, 3.8) is 0 Å². The van der Waals surface area contributed by atoms with Crippen LogP contribution >= 0.6 is 23.1 Å². The number of aromatic nitrogens is 1. The molecule has 0 fully saturated rings. The molecule has 1 heterocycles. The first-order valence-electron chi connectivity index (χ1n) is 7.75. The van der Waals surface area contributed by atoms with Crippen LogP contribution in [0.2, 0.25) is 0 Å². The van der Waals surface area contributed by atoms with Gasteiger partial charge in [0.2, 0.25) is 0 Å². The molecule has 0 radical (unpaired) electrons. The first kappa shape index (κ1) is 17.5. The molecule has 0 aliphatic rings. The lowest BCUT2D eigenvalue weighted by atomic mass is 10.2. The van der Waals surface area contributed by atoms with Crippen LogP contribution in [0.3, 0.4) is 0 Å². The lowest BCUT2D eigenvalue weighted by Crippen LogP contribution is -2.19. The molecular weight excluding hydrogens is 352 g/mol. The average Bonchev–Trinajstić information content (AvgIpc) is 3.05. The van der Waals surface area contributed by atoms with Crippen molar-refractivity contribution in [2.24, 2.45) is 0 Å². The zero-order valence-electron chi connectivity index (χ0n) is 14.0. The predicted octanol–water partition coefficient (Wildman–Crippen LogP) is 4.86. The Morgan fingerprint density at radius 1 is 1.16 bits per heavy atom. The minimum Gasteiger partial charge on any atom is -0.484 e. The molecule has 0 aliphatic heterocycles. The molecule has 0 spiro atoms. The van der Waals surface area contributed by atoms with Crippen LogP contribution in [0.5, 0.6) is 5.75 Å². The largest absolute Gasteiger partial charge is 0.484 e. The number of amides is 1. The SMILES string of the molecule is CSc1nc(-c2ccccc2)c(NC(=O)COc2ccc(C)cc2)s1. The Hall–Kier alpha value is -2.31. The molecule has 0 bridgehead atoms. The molecule has 25 heavy (non-hydrogen) atoms. The molecule has 0 unspecified atom stereocenters. The molecule has 0 aliphatic carbocycles. The van der Waals surface area contributed by atoms with Crippen molar-refractivity contribution >= 4 is 34.0 Å². The van der Waals surface area contributed by atoms with Gasteiger partial charge in [-0.1, -0.05) is 71.1 Å². The Bertz CT molecular complexity index is 846. The molecule has 4 nitrogen and oxygen atoms in total. The number of anilines is 1. The molecule has 1 N–H and O–H groups in total. The zero-order chi connectivity index (χ0) is 17.6. The molecule has 0 saturated heterocycles. The van der Waals surface area contributed by atoms with Gasteiger partial charge in [-0.05, 0) is 25.3 Å². The summed E-state index contributed by atoms with van der Waals surface area (Å²) in [7, 11) is 0. The van der Waals surface area contributed by atoms with Crippen molar-refractivity contribution in [1.82, 2.24) is 4.98 Å². The lowest BCUT2D eigenvalue weighted by Gasteiger charge is -2.07. The number of benzene rings is 2. The number of nitrogens with one attached hydrogen (secondary N) is 1. The maximum atomic E-state index is 12.3. The van der Waals surface area contributed by atoms with Gasteiger partial charge in [-0.2, -0.15) is 0 Å². The van der Waals surface area contributed by atoms with Gasteiger partial charge in [0.1, 0.15) is 16.4 Å². The standard InChI is InChI=1S/C19H18N2O2S2/c1-13-8-10-15(11-9-13)23-12-16(22)20-18-17(21-19(24-2)25-18)14-6-4-3-5-7-14/h3-11H,12H2,1-2H3,(H,20,22). The van der Waals surface area contributed by atoms with E-state index in [2.05, 4.69) is 10.3 Å². The summed E-state index contributed by atoms with van der Waals surface area (Å²) in [6.45, 7) is 1.97. The smallest absolute Gasteiger partial charge is 0.262 e. The maximum absolute atomic E-state index is 12.3. The number of aryl methyl sites for hydroxylation is 1. The minimum absolute atomic E-state index is 0.0379. The van der Waals surface area contributed by atoms with Gasteiger partial charge >= 0.3 is 0 Å². The summed E-state index contributed by atoms with van der Waals surface area (Å²) in [5, 5.41) is 3.67. The molecule has 3 rings (SSSR count). The van der Waals surface area contributed by atoms with E-state index in [1.807, 2.05) is 67.8 Å². The zero-order valence-corrected chi connectivity index (χ0v) is 15.6. The van der Waals surface area contributed by atoms with Crippen molar-refractivity contribution in [2.45, 2.75) is 11.3 Å². The fourth-order valence-electron chi connectivity index (χ4n) is 2.21. The predicted molar refractivity (Wildman–Crippen MR) is 105 cm³/mol. The van der Waals surface area contributed by atoms with E-state index >= 15 is 0 Å². The average molecular weight is 370 g/mol. The molecule has 2 aromatic carbocycles. The fourth-order valence-corrected chi connectivity index (χ4v) is 3.71. The van der Waals surface area contributed by atoms with Crippen LogP contribution in [-0.4, -0.2) is 23.8 Å². The summed E-state index contributed by atoms with van der Waals surface area (Å²) in [6, 6.07) is 17.5. The van der Waals surface area contributed by atoms with Gasteiger partial charge in [0.05, 0.1) is 0 Å². The van der Waals surface area contributed by atoms with Crippen LogP contribution in [0.1, 0.15) is 5.56 Å². The number of carbonyl (C=O) groups is 1. The van der Waals surface area contributed by atoms with E-state index in [-0.39, 0.29) is 12.5 Å². The molecule has 0 atom stereocenters. The van der Waals surface area contributed by atoms with Gasteiger partial charge in [-0.25, -0.2) is 4.98 Å². The number of thioether (sulfide) groups is 1. The Morgan fingerprint density at radius 2 is 1.88 bits per heavy atom. The monoisotopic (exact) mass is 370 g/mol. The van der Waals surface area contributed by atoms with E-state index in [1.54, 1.807) is 11.8 Å². The van der Waals surface area contributed by atoms with Crippen molar-refractivity contribution in [1.29, 1.82) is 0 Å². The Balaban J connectivity index is 1.70. The van der Waals surface area contributed by atoms with Gasteiger partial charge in [-0.15, -0.1) is 0 Å². The number of hydrogen-bond donors (Lipinski definition) is 1. The van der Waals surface area contributed by atoms with Crippen molar-refractivity contribution in [3.8, 4) is 17.0 Å². The summed E-state index contributed by atoms with van der Waals surface area (Å²) in [5.41, 5.74) is 2.92. The second-order valence-electron chi connectivity index (χ2n) is 5.38. The third-order valence-corrected chi connectivity index (χ3v) is 5.43. The number of ether oxygens (including phenoxy) is 1. The highest BCUT2D eigenvalue weighted by molar-refractivity contribution is 8.00. The van der Waals surface area contributed by atoms with E-state index < -0.39 is 0 Å². The number of nitrogens with zero attached hydrogens (tertiary/aromatic N) is 1. The Kier molecular flexibility index (Phi) is 5.73. The van der Waals surface area contributed by atoms with E-state index in [4.69, 9.17) is 4.74 Å². The number of hydrogen-bond acceptors (Lipinski definition) is 5. The van der Waals surface area contributed by atoms with E-state index in [0.29, 0.717) is 5.75 Å². The molecular formula is C19H18N2O2S2. The number of carbonyl (C=O) groups excluding carboxylic acids is 1. The Labute approximate surface area is 155 Å². The van der Waals surface area contributed by atoms with Crippen LogP contribution in [0.15, 0.2) is 58.9 Å². The van der Waals surface area contributed by atoms with Crippen LogP contribution in [0, 0.1) is 6.92 Å². The topological polar surface area (TPSA) is 51.2 Å². The normalized spacial score (nSPS) is 10.5. The second kappa shape index (κ2) is 8.18. The van der Waals surface area contributed by atoms with Gasteiger partial charge in [0.25, 0.3) is 5.91 Å². The third kappa shape index (κ3) is 4.61. The van der Waals surface area contributed by atoms with Crippen LogP contribution in [-0.2, 0) is 4.79 Å². The highest BCUT2D eigenvalue weighted by Gasteiger charge is 2.15. The van der Waals surface area contributed by atoms with Crippen LogP contribution in [0.4, 0.5) is 5.00 Å². The fraction of sp³-hybridized carbons (Fsp3) is 0.158. The van der Waals surface area contributed by atoms with Crippen LogP contribution < -0.4 is 10.1 Å². The summed E-state index contributed by atoms with van der Waals surface area (Å²) in [4.78, 5) is 16.9. The van der Waals surface area contributed by atoms with Gasteiger partial charge in [0, 0.05) is 5.56 Å². The van der Waals surface area contributed by atoms with Crippen molar-refractivity contribution < 1.29 is 9.53 Å². The van der Waals surface area contributed by atoms with Gasteiger partial charge in [0.15, 0.2) is 10.9 Å². The molecule has 128 valence electrons. The lowest BCUT2D eigenvalue weighted by molar-refractivity contribution is -0.118. The van der Waals surface area contributed by atoms with Crippen LogP contribution in [0.25, 0.3) is 11.3 Å². The van der Waals surface area contributed by atoms with E-state index in [0.717, 1.165) is 26.2 Å². The molecule has 0 saturated carbocycles. The maximum Gasteiger partial charge on any atom is 0.262 e. The second-order valence-corrected chi connectivity index (χ2v) is 7.43. The first-order valence-corrected chi connectivity index (χ1v) is 9.79. The van der Waals surface area contributed by atoms with Crippen molar-refractivity contribution in [2.75, 3.05) is 18.2 Å². The summed E-state index contributed by atoms with van der Waals surface area (Å²) in [5.74, 6) is 0.479. The highest BCUT2D eigenvalue weighted by atomic mass is 32.2. The quantitative estimate of drug-likeness (QED) is 0.630. The molecule has 1 amide bonds. The highest BCUT2D eigenvalue weighted by Crippen LogP contribution is 2.36. The summed E-state index contributed by atoms with van der Waals surface area (Å²) < 4.78 is 6.45. The summed E-state index contributed by atoms with van der Waals surface area (Å²) in [6.07, 6.45) is 1.97. The molecule has 3 aromatic rings. The van der Waals surface area contributed by atoms with Gasteiger partial charge in [-0.3, -0.25) is 4.79 Å². The van der Waals surface area contributed by atoms with Gasteiger partial charge < -0.3 is 10.1 Å². The van der Waals surface area contributed by atoms with Crippen molar-refractivity contribution in [3.05, 3.63) is 60.2 Å². The first-order chi connectivity index (χ1) is 12.2. The molecule has 6 heteroatoms. The van der Waals surface area contributed by atoms with E-state index in [1.165, 1.54) is 11.3 Å². The summed E-state index contributed by atoms with van der Waals surface area (Å²) >= 11 is 3.03. The minimum atomic E-state index is -0.200.